The molecule has 0 saturated carbocycles. The molecule has 148 valence electrons. The number of aryl methyl sites for hydroxylation is 1. The van der Waals surface area contributed by atoms with Crippen LogP contribution in [0.15, 0.2) is 59.4 Å². The van der Waals surface area contributed by atoms with Crippen LogP contribution in [0.5, 0.6) is 0 Å². The van der Waals surface area contributed by atoms with Crippen LogP contribution in [0.4, 0.5) is 11.6 Å². The molecule has 2 aromatic heterocycles. The third kappa shape index (κ3) is 4.41. The Morgan fingerprint density at radius 1 is 1.00 bits per heavy atom. The summed E-state index contributed by atoms with van der Waals surface area (Å²) < 4.78 is 1.32. The van der Waals surface area contributed by atoms with Crippen LogP contribution in [0.2, 0.25) is 5.02 Å². The molecule has 0 saturated heterocycles. The van der Waals surface area contributed by atoms with Crippen molar-refractivity contribution in [2.75, 3.05) is 10.6 Å². The van der Waals surface area contributed by atoms with E-state index in [0.717, 1.165) is 17.7 Å². The van der Waals surface area contributed by atoms with Crippen LogP contribution in [-0.2, 0) is 19.5 Å². The first-order valence-electron chi connectivity index (χ1n) is 9.41. The molecule has 2 aromatic carbocycles. The summed E-state index contributed by atoms with van der Waals surface area (Å²) in [5.41, 5.74) is 3.58. The molecule has 0 fully saturated rings. The van der Waals surface area contributed by atoms with Gasteiger partial charge in [-0.2, -0.15) is 9.50 Å². The Morgan fingerprint density at radius 2 is 1.76 bits per heavy atom. The van der Waals surface area contributed by atoms with Gasteiger partial charge in [0.1, 0.15) is 0 Å². The van der Waals surface area contributed by atoms with E-state index in [1.165, 1.54) is 16.1 Å². The lowest BCUT2D eigenvalue weighted by molar-refractivity contribution is 0.874. The van der Waals surface area contributed by atoms with E-state index in [1.807, 2.05) is 18.2 Å². The van der Waals surface area contributed by atoms with E-state index in [2.05, 4.69) is 56.9 Å². The second-order valence-corrected chi connectivity index (χ2v) is 7.06. The molecule has 0 amide bonds. The highest BCUT2D eigenvalue weighted by Crippen LogP contribution is 2.20. The number of halogens is 1. The van der Waals surface area contributed by atoms with Crippen LogP contribution >= 0.6 is 11.6 Å². The fourth-order valence-electron chi connectivity index (χ4n) is 2.97. The van der Waals surface area contributed by atoms with Crippen molar-refractivity contribution in [2.24, 2.45) is 0 Å². The summed E-state index contributed by atoms with van der Waals surface area (Å²) in [7, 11) is 0. The number of nitrogens with zero attached hydrogens (tertiary/aromatic N) is 3. The molecule has 0 radical (unpaired) electrons. The van der Waals surface area contributed by atoms with Crippen molar-refractivity contribution in [1.29, 1.82) is 0 Å². The molecule has 0 bridgehead atoms. The van der Waals surface area contributed by atoms with Crippen LogP contribution in [-0.4, -0.2) is 19.6 Å². The van der Waals surface area contributed by atoms with Crippen molar-refractivity contribution in [1.82, 2.24) is 19.6 Å². The van der Waals surface area contributed by atoms with Crippen LogP contribution < -0.4 is 16.2 Å². The van der Waals surface area contributed by atoms with Gasteiger partial charge in [0.25, 0.3) is 11.3 Å². The molecule has 0 spiro atoms. The van der Waals surface area contributed by atoms with Crippen molar-refractivity contribution in [3.05, 3.63) is 86.8 Å². The van der Waals surface area contributed by atoms with Crippen LogP contribution in [0.1, 0.15) is 23.7 Å². The Morgan fingerprint density at radius 3 is 2.52 bits per heavy atom. The van der Waals surface area contributed by atoms with Gasteiger partial charge in [-0.25, -0.2) is 4.98 Å². The van der Waals surface area contributed by atoms with Gasteiger partial charge < -0.3 is 10.6 Å². The maximum atomic E-state index is 12.4. The lowest BCUT2D eigenvalue weighted by Crippen LogP contribution is -2.17. The zero-order chi connectivity index (χ0) is 20.2. The molecule has 0 aliphatic rings. The number of rotatable bonds is 7. The predicted molar refractivity (Wildman–Crippen MR) is 116 cm³/mol. The number of aromatic amines is 1. The van der Waals surface area contributed by atoms with E-state index in [4.69, 9.17) is 11.6 Å². The number of para-hydroxylation sites is 1. The highest BCUT2D eigenvalue weighted by atomic mass is 35.5. The van der Waals surface area contributed by atoms with Crippen molar-refractivity contribution in [2.45, 2.75) is 26.4 Å². The fourth-order valence-corrected chi connectivity index (χ4v) is 3.17. The Hall–Kier alpha value is -3.32. The maximum Gasteiger partial charge on any atom is 0.274 e. The summed E-state index contributed by atoms with van der Waals surface area (Å²) in [4.78, 5) is 21.2. The molecule has 29 heavy (non-hydrogen) atoms. The smallest absolute Gasteiger partial charge is 0.274 e. The first-order valence-corrected chi connectivity index (χ1v) is 9.79. The molecule has 7 nitrogen and oxygen atoms in total. The summed E-state index contributed by atoms with van der Waals surface area (Å²) in [5.74, 6) is 0.808. The number of fused-ring (bicyclic) bond motifs is 1. The van der Waals surface area contributed by atoms with Gasteiger partial charge in [0.05, 0.1) is 22.9 Å². The molecule has 2 heterocycles. The number of aromatic nitrogens is 4. The Bertz CT molecular complexity index is 1180. The number of anilines is 2. The van der Waals surface area contributed by atoms with E-state index in [0.29, 0.717) is 35.5 Å². The monoisotopic (exact) mass is 408 g/mol. The average Bonchev–Trinajstić information content (AvgIpc) is 3.16. The van der Waals surface area contributed by atoms with Gasteiger partial charge in [-0.05, 0) is 29.7 Å². The number of hydrogen-bond acceptors (Lipinski definition) is 5. The van der Waals surface area contributed by atoms with Crippen LogP contribution in [0, 0.1) is 0 Å². The molecule has 0 unspecified atom stereocenters. The fraction of sp³-hybridized carbons (Fsp3) is 0.190. The van der Waals surface area contributed by atoms with E-state index < -0.39 is 0 Å². The second-order valence-electron chi connectivity index (χ2n) is 6.65. The van der Waals surface area contributed by atoms with Gasteiger partial charge in [0.15, 0.2) is 0 Å². The van der Waals surface area contributed by atoms with E-state index in [-0.39, 0.29) is 5.56 Å². The highest BCUT2D eigenvalue weighted by Gasteiger charge is 2.09. The van der Waals surface area contributed by atoms with Crippen LogP contribution in [0.3, 0.4) is 0 Å². The van der Waals surface area contributed by atoms with Crippen LogP contribution in [0.25, 0.3) is 5.78 Å². The predicted octanol–water partition coefficient (Wildman–Crippen LogP) is 3.86. The van der Waals surface area contributed by atoms with Gasteiger partial charge in [0.2, 0.25) is 5.95 Å². The normalized spacial score (nSPS) is 11.0. The quantitative estimate of drug-likeness (QED) is 0.432. The number of benzene rings is 2. The Labute approximate surface area is 172 Å². The Balaban J connectivity index is 1.47. The molecule has 8 heteroatoms. The summed E-state index contributed by atoms with van der Waals surface area (Å²) in [5, 5.41) is 9.95. The third-order valence-corrected chi connectivity index (χ3v) is 4.94. The minimum Gasteiger partial charge on any atom is -0.378 e. The minimum atomic E-state index is -0.223. The molecule has 0 atom stereocenters. The zero-order valence-corrected chi connectivity index (χ0v) is 16.7. The van der Waals surface area contributed by atoms with E-state index in [1.54, 1.807) is 6.07 Å². The van der Waals surface area contributed by atoms with Crippen molar-refractivity contribution >= 4 is 29.0 Å². The summed E-state index contributed by atoms with van der Waals surface area (Å²) in [6.07, 6.45) is 1.01. The first-order chi connectivity index (χ1) is 14.1. The largest absolute Gasteiger partial charge is 0.378 e. The summed E-state index contributed by atoms with van der Waals surface area (Å²) in [6, 6.07) is 17.3. The van der Waals surface area contributed by atoms with Crippen molar-refractivity contribution in [3.8, 4) is 0 Å². The lowest BCUT2D eigenvalue weighted by atomic mass is 10.1. The van der Waals surface area contributed by atoms with Gasteiger partial charge in [-0.3, -0.25) is 9.89 Å². The molecule has 4 rings (SSSR count). The van der Waals surface area contributed by atoms with Crippen molar-refractivity contribution in [3.63, 3.8) is 0 Å². The summed E-state index contributed by atoms with van der Waals surface area (Å²) >= 11 is 6.15. The number of hydrogen-bond donors (Lipinski definition) is 3. The SMILES string of the molecule is CCc1ccc(CNc2nc3nc(CNc4ccccc4Cl)cc(=O)n3[nH]2)cc1. The van der Waals surface area contributed by atoms with Gasteiger partial charge in [-0.1, -0.05) is 54.9 Å². The molecular weight excluding hydrogens is 388 g/mol. The molecule has 3 N–H and O–H groups in total. The molecule has 0 aliphatic carbocycles. The maximum absolute atomic E-state index is 12.4. The number of H-pyrrole nitrogens is 1. The van der Waals surface area contributed by atoms with E-state index >= 15 is 0 Å². The van der Waals surface area contributed by atoms with E-state index in [9.17, 15) is 4.79 Å². The summed E-state index contributed by atoms with van der Waals surface area (Å²) in [6.45, 7) is 3.10. The molecule has 0 aliphatic heterocycles. The number of nitrogens with one attached hydrogen (secondary N) is 3. The first kappa shape index (κ1) is 19.0. The van der Waals surface area contributed by atoms with Gasteiger partial charge >= 0.3 is 0 Å². The lowest BCUT2D eigenvalue weighted by Gasteiger charge is -2.07. The topological polar surface area (TPSA) is 87.1 Å². The highest BCUT2D eigenvalue weighted by molar-refractivity contribution is 6.33. The standard InChI is InChI=1S/C21H21ClN6O/c1-2-14-7-9-15(10-8-14)12-24-20-26-21-25-16(11-19(29)28(21)27-20)13-23-18-6-4-3-5-17(18)22/h3-11,23H,2,12-13H2,1H3,(H2,24,25,26,27). The molecule has 4 aromatic rings. The van der Waals surface area contributed by atoms with Gasteiger partial charge in [0, 0.05) is 12.6 Å². The second kappa shape index (κ2) is 8.36. The third-order valence-electron chi connectivity index (χ3n) is 4.61. The zero-order valence-electron chi connectivity index (χ0n) is 15.9. The Kier molecular flexibility index (Phi) is 5.48. The van der Waals surface area contributed by atoms with Gasteiger partial charge in [-0.15, -0.1) is 0 Å². The van der Waals surface area contributed by atoms with Crippen molar-refractivity contribution < 1.29 is 0 Å². The average molecular weight is 409 g/mol. The minimum absolute atomic E-state index is 0.223. The molecular formula is C21H21ClN6O.